The Bertz CT molecular complexity index is 630. The number of ether oxygens (including phenoxy) is 1. The molecule has 5 heteroatoms. The normalized spacial score (nSPS) is 19.0. The minimum atomic E-state index is 0.0298. The lowest BCUT2D eigenvalue weighted by Crippen LogP contribution is -2.45. The molecule has 5 nitrogen and oxygen atoms in total. The molecule has 2 aliphatic heterocycles. The molecule has 2 aliphatic rings. The maximum absolute atomic E-state index is 12.7. The lowest BCUT2D eigenvalue weighted by atomic mass is 9.94. The number of likely N-dealkylation sites (tertiary alicyclic amines) is 2. The van der Waals surface area contributed by atoms with Gasteiger partial charge in [0.05, 0.1) is 7.11 Å². The highest BCUT2D eigenvalue weighted by atomic mass is 16.5. The number of hydrogen-bond donors (Lipinski definition) is 0. The number of rotatable bonds is 3. The Morgan fingerprint density at radius 2 is 1.68 bits per heavy atom. The van der Waals surface area contributed by atoms with Gasteiger partial charge in [0.25, 0.3) is 5.91 Å². The molecule has 2 amide bonds. The molecule has 2 heterocycles. The highest BCUT2D eigenvalue weighted by Gasteiger charge is 2.31. The summed E-state index contributed by atoms with van der Waals surface area (Å²) in [6, 6.07) is 5.58. The molecule has 0 bridgehead atoms. The third kappa shape index (κ3) is 3.97. The fraction of sp³-hybridized carbons (Fsp3) is 0.600. The van der Waals surface area contributed by atoms with Crippen LogP contribution in [-0.2, 0) is 4.79 Å². The van der Waals surface area contributed by atoms with Crippen molar-refractivity contribution in [2.24, 2.45) is 5.92 Å². The Morgan fingerprint density at radius 1 is 1.00 bits per heavy atom. The molecule has 1 aromatic rings. The van der Waals surface area contributed by atoms with Crippen molar-refractivity contribution >= 4 is 11.8 Å². The third-order valence-corrected chi connectivity index (χ3v) is 5.45. The largest absolute Gasteiger partial charge is 0.496 e. The lowest BCUT2D eigenvalue weighted by Gasteiger charge is -2.35. The lowest BCUT2D eigenvalue weighted by molar-refractivity contribution is -0.137. The summed E-state index contributed by atoms with van der Waals surface area (Å²) in [5, 5.41) is 0. The highest BCUT2D eigenvalue weighted by Crippen LogP contribution is 2.25. The van der Waals surface area contributed by atoms with Crippen LogP contribution in [0.3, 0.4) is 0 Å². The molecule has 0 N–H and O–H groups in total. The minimum Gasteiger partial charge on any atom is -0.496 e. The van der Waals surface area contributed by atoms with Gasteiger partial charge in [-0.25, -0.2) is 0 Å². The number of piperidine rings is 2. The van der Waals surface area contributed by atoms with Crippen LogP contribution in [0.4, 0.5) is 0 Å². The standard InChI is InChI=1S/C20H28N2O3/c1-15-6-7-17(14-18(15)25-2)20(24)22-12-8-16(9-13-22)19(23)21-10-4-3-5-11-21/h6-7,14,16H,3-5,8-13H2,1-2H3. The van der Waals surface area contributed by atoms with E-state index in [1.165, 1.54) is 6.42 Å². The van der Waals surface area contributed by atoms with Crippen molar-refractivity contribution in [1.29, 1.82) is 0 Å². The number of nitrogens with zero attached hydrogens (tertiary/aromatic N) is 2. The average Bonchev–Trinajstić information content (AvgIpc) is 2.68. The van der Waals surface area contributed by atoms with Crippen molar-refractivity contribution in [1.82, 2.24) is 9.80 Å². The molecule has 25 heavy (non-hydrogen) atoms. The van der Waals surface area contributed by atoms with Gasteiger partial charge in [0.15, 0.2) is 0 Å². The Kier molecular flexibility index (Phi) is 5.61. The molecule has 0 radical (unpaired) electrons. The van der Waals surface area contributed by atoms with Crippen LogP contribution in [0.2, 0.25) is 0 Å². The zero-order valence-corrected chi connectivity index (χ0v) is 15.3. The Hall–Kier alpha value is -2.04. The van der Waals surface area contributed by atoms with Gasteiger partial charge in [-0.05, 0) is 56.7 Å². The summed E-state index contributed by atoms with van der Waals surface area (Å²) < 4.78 is 5.32. The number of methoxy groups -OCH3 is 1. The van der Waals surface area contributed by atoms with Gasteiger partial charge in [-0.1, -0.05) is 6.07 Å². The summed E-state index contributed by atoms with van der Waals surface area (Å²) >= 11 is 0. The van der Waals surface area contributed by atoms with Crippen molar-refractivity contribution in [3.05, 3.63) is 29.3 Å². The molecular weight excluding hydrogens is 316 g/mol. The van der Waals surface area contributed by atoms with Gasteiger partial charge in [-0.2, -0.15) is 0 Å². The second-order valence-corrected chi connectivity index (χ2v) is 7.14. The van der Waals surface area contributed by atoms with Crippen LogP contribution in [0, 0.1) is 12.8 Å². The van der Waals surface area contributed by atoms with Crippen molar-refractivity contribution in [3.8, 4) is 5.75 Å². The quantitative estimate of drug-likeness (QED) is 0.847. The van der Waals surface area contributed by atoms with Gasteiger partial charge in [-0.3, -0.25) is 9.59 Å². The summed E-state index contributed by atoms with van der Waals surface area (Å²) in [6.45, 7) is 5.08. The van der Waals surface area contributed by atoms with E-state index < -0.39 is 0 Å². The highest BCUT2D eigenvalue weighted by molar-refractivity contribution is 5.95. The van der Waals surface area contributed by atoms with Crippen molar-refractivity contribution < 1.29 is 14.3 Å². The number of hydrogen-bond acceptors (Lipinski definition) is 3. The zero-order valence-electron chi connectivity index (χ0n) is 15.3. The summed E-state index contributed by atoms with van der Waals surface area (Å²) in [4.78, 5) is 29.2. The molecule has 0 aliphatic carbocycles. The van der Waals surface area contributed by atoms with Crippen LogP contribution in [0.5, 0.6) is 5.75 Å². The first-order chi connectivity index (χ1) is 12.1. The summed E-state index contributed by atoms with van der Waals surface area (Å²) in [7, 11) is 1.62. The molecule has 0 spiro atoms. The Balaban J connectivity index is 1.58. The fourth-order valence-corrected chi connectivity index (χ4v) is 3.84. The van der Waals surface area contributed by atoms with Crippen LogP contribution in [0.1, 0.15) is 48.0 Å². The van der Waals surface area contributed by atoms with Crippen LogP contribution in [0.25, 0.3) is 0 Å². The number of carbonyl (C=O) groups excluding carboxylic acids is 2. The van der Waals surface area contributed by atoms with Crippen LogP contribution < -0.4 is 4.74 Å². The SMILES string of the molecule is COc1cc(C(=O)N2CCC(C(=O)N3CCCCC3)CC2)ccc1C. The van der Waals surface area contributed by atoms with E-state index in [9.17, 15) is 9.59 Å². The summed E-state index contributed by atoms with van der Waals surface area (Å²) in [5.74, 6) is 1.14. The van der Waals surface area contributed by atoms with Gasteiger partial charge in [0, 0.05) is 37.7 Å². The van der Waals surface area contributed by atoms with Gasteiger partial charge in [-0.15, -0.1) is 0 Å². The van der Waals surface area contributed by atoms with Gasteiger partial charge in [0.1, 0.15) is 5.75 Å². The van der Waals surface area contributed by atoms with Gasteiger partial charge >= 0.3 is 0 Å². The molecule has 2 fully saturated rings. The average molecular weight is 344 g/mol. The molecule has 3 rings (SSSR count). The number of carbonyl (C=O) groups is 2. The maximum Gasteiger partial charge on any atom is 0.253 e. The smallest absolute Gasteiger partial charge is 0.253 e. The Morgan fingerprint density at radius 3 is 2.32 bits per heavy atom. The first kappa shape index (κ1) is 17.8. The summed E-state index contributed by atoms with van der Waals surface area (Å²) in [6.07, 6.45) is 5.02. The van der Waals surface area contributed by atoms with E-state index in [-0.39, 0.29) is 11.8 Å². The number of aryl methyl sites for hydroxylation is 1. The van der Waals surface area contributed by atoms with E-state index in [0.29, 0.717) is 24.6 Å². The predicted molar refractivity (Wildman–Crippen MR) is 96.8 cm³/mol. The van der Waals surface area contributed by atoms with Gasteiger partial charge < -0.3 is 14.5 Å². The molecule has 0 unspecified atom stereocenters. The van der Waals surface area contributed by atoms with E-state index in [0.717, 1.165) is 50.1 Å². The van der Waals surface area contributed by atoms with Crippen molar-refractivity contribution in [3.63, 3.8) is 0 Å². The van der Waals surface area contributed by atoms with Crippen LogP contribution in [-0.4, -0.2) is 54.9 Å². The fourth-order valence-electron chi connectivity index (χ4n) is 3.84. The Labute approximate surface area is 149 Å². The molecule has 0 atom stereocenters. The first-order valence-corrected chi connectivity index (χ1v) is 9.33. The van der Waals surface area contributed by atoms with E-state index in [1.807, 2.05) is 34.9 Å². The van der Waals surface area contributed by atoms with E-state index >= 15 is 0 Å². The second kappa shape index (κ2) is 7.89. The monoisotopic (exact) mass is 344 g/mol. The van der Waals surface area contributed by atoms with Crippen molar-refractivity contribution in [2.45, 2.75) is 39.0 Å². The van der Waals surface area contributed by atoms with E-state index in [4.69, 9.17) is 4.74 Å². The topological polar surface area (TPSA) is 49.9 Å². The summed E-state index contributed by atoms with van der Waals surface area (Å²) in [5.41, 5.74) is 1.67. The predicted octanol–water partition coefficient (Wildman–Crippen LogP) is 2.87. The maximum atomic E-state index is 12.7. The molecule has 2 saturated heterocycles. The molecule has 0 saturated carbocycles. The second-order valence-electron chi connectivity index (χ2n) is 7.14. The molecule has 136 valence electrons. The van der Waals surface area contributed by atoms with E-state index in [1.54, 1.807) is 7.11 Å². The third-order valence-electron chi connectivity index (χ3n) is 5.45. The zero-order chi connectivity index (χ0) is 17.8. The number of benzene rings is 1. The van der Waals surface area contributed by atoms with Crippen molar-refractivity contribution in [2.75, 3.05) is 33.3 Å². The minimum absolute atomic E-state index is 0.0298. The van der Waals surface area contributed by atoms with Crippen LogP contribution in [0.15, 0.2) is 18.2 Å². The van der Waals surface area contributed by atoms with E-state index in [2.05, 4.69) is 0 Å². The number of amides is 2. The van der Waals surface area contributed by atoms with Crippen LogP contribution >= 0.6 is 0 Å². The molecular formula is C20H28N2O3. The first-order valence-electron chi connectivity index (χ1n) is 9.33. The molecule has 1 aromatic carbocycles. The molecule has 0 aromatic heterocycles. The van der Waals surface area contributed by atoms with Gasteiger partial charge in [0.2, 0.25) is 5.91 Å².